The summed E-state index contributed by atoms with van der Waals surface area (Å²) in [6.45, 7) is 0.518. The molecule has 3 rings (SSSR count). The minimum absolute atomic E-state index is 0.186. The Labute approximate surface area is 137 Å². The van der Waals surface area contributed by atoms with E-state index in [9.17, 15) is 14.0 Å². The van der Waals surface area contributed by atoms with Crippen LogP contribution in [0.3, 0.4) is 0 Å². The molecule has 0 aromatic heterocycles. The second-order valence-corrected chi connectivity index (χ2v) is 5.49. The Morgan fingerprint density at radius 2 is 1.70 bits per heavy atom. The smallest absolute Gasteiger partial charge is 0.261 e. The van der Waals surface area contributed by atoms with Crippen molar-refractivity contribution in [3.63, 3.8) is 0 Å². The largest absolute Gasteiger partial charge is 0.492 e. The molecular weight excluding hydrogens is 321 g/mol. The van der Waals surface area contributed by atoms with Crippen molar-refractivity contribution in [3.05, 3.63) is 64.4 Å². The van der Waals surface area contributed by atoms with Crippen LogP contribution in [0.25, 0.3) is 0 Å². The van der Waals surface area contributed by atoms with Crippen LogP contribution in [0.4, 0.5) is 4.39 Å². The maximum atomic E-state index is 12.9. The molecule has 2 aromatic rings. The van der Waals surface area contributed by atoms with Crippen molar-refractivity contribution in [2.45, 2.75) is 6.42 Å². The van der Waals surface area contributed by atoms with Gasteiger partial charge in [0, 0.05) is 6.54 Å². The molecular formula is C17H13ClFNO3. The summed E-state index contributed by atoms with van der Waals surface area (Å²) >= 11 is 5.86. The third-order valence-corrected chi connectivity index (χ3v) is 3.85. The van der Waals surface area contributed by atoms with Crippen LogP contribution in [-0.2, 0) is 0 Å². The van der Waals surface area contributed by atoms with Gasteiger partial charge in [0.15, 0.2) is 0 Å². The molecule has 1 aliphatic rings. The molecule has 0 unspecified atom stereocenters. The van der Waals surface area contributed by atoms with Gasteiger partial charge in [-0.2, -0.15) is 0 Å². The van der Waals surface area contributed by atoms with Gasteiger partial charge in [0.1, 0.15) is 11.6 Å². The molecule has 0 radical (unpaired) electrons. The monoisotopic (exact) mass is 333 g/mol. The SMILES string of the molecule is O=C1c2ccccc2C(=O)N1CCCOc1ccc(F)cc1Cl. The van der Waals surface area contributed by atoms with Gasteiger partial charge in [-0.1, -0.05) is 23.7 Å². The van der Waals surface area contributed by atoms with Gasteiger partial charge in [0.05, 0.1) is 22.8 Å². The number of carbonyl (C=O) groups is 2. The molecule has 0 saturated carbocycles. The third kappa shape index (κ3) is 3.05. The van der Waals surface area contributed by atoms with Crippen molar-refractivity contribution in [2.24, 2.45) is 0 Å². The van der Waals surface area contributed by atoms with E-state index in [4.69, 9.17) is 16.3 Å². The number of ether oxygens (including phenoxy) is 1. The number of imide groups is 1. The number of hydrogen-bond acceptors (Lipinski definition) is 3. The molecule has 0 aliphatic carbocycles. The zero-order valence-corrected chi connectivity index (χ0v) is 12.8. The normalized spacial score (nSPS) is 13.4. The number of carbonyl (C=O) groups excluding carboxylic acids is 2. The van der Waals surface area contributed by atoms with Crippen molar-refractivity contribution < 1.29 is 18.7 Å². The lowest BCUT2D eigenvalue weighted by Gasteiger charge is -2.14. The van der Waals surface area contributed by atoms with Crippen molar-refractivity contribution >= 4 is 23.4 Å². The van der Waals surface area contributed by atoms with Gasteiger partial charge in [0.25, 0.3) is 11.8 Å². The zero-order valence-electron chi connectivity index (χ0n) is 12.1. The number of hydrogen-bond donors (Lipinski definition) is 0. The van der Waals surface area contributed by atoms with Crippen LogP contribution in [0.15, 0.2) is 42.5 Å². The number of benzene rings is 2. The molecule has 2 aromatic carbocycles. The van der Waals surface area contributed by atoms with Gasteiger partial charge in [0.2, 0.25) is 0 Å². The predicted octanol–water partition coefficient (Wildman–Crippen LogP) is 3.54. The summed E-state index contributed by atoms with van der Waals surface area (Å²) in [6.07, 6.45) is 0.458. The van der Waals surface area contributed by atoms with Gasteiger partial charge in [-0.25, -0.2) is 4.39 Å². The topological polar surface area (TPSA) is 46.6 Å². The second-order valence-electron chi connectivity index (χ2n) is 5.08. The fourth-order valence-electron chi connectivity index (χ4n) is 2.44. The molecule has 0 bridgehead atoms. The molecule has 23 heavy (non-hydrogen) atoms. The van der Waals surface area contributed by atoms with Crippen molar-refractivity contribution in [1.82, 2.24) is 4.90 Å². The average Bonchev–Trinajstić information content (AvgIpc) is 2.78. The van der Waals surface area contributed by atoms with E-state index >= 15 is 0 Å². The van der Waals surface area contributed by atoms with Gasteiger partial charge in [-0.05, 0) is 36.8 Å². The Bertz CT molecular complexity index is 743. The van der Waals surface area contributed by atoms with E-state index < -0.39 is 5.82 Å². The Hall–Kier alpha value is -2.40. The molecule has 1 heterocycles. The van der Waals surface area contributed by atoms with Crippen molar-refractivity contribution in [2.75, 3.05) is 13.2 Å². The van der Waals surface area contributed by atoms with Crippen LogP contribution < -0.4 is 4.74 Å². The molecule has 6 heteroatoms. The molecule has 0 N–H and O–H groups in total. The lowest BCUT2D eigenvalue weighted by molar-refractivity contribution is 0.0646. The number of amides is 2. The van der Waals surface area contributed by atoms with E-state index in [-0.39, 0.29) is 30.0 Å². The van der Waals surface area contributed by atoms with Crippen LogP contribution in [0.2, 0.25) is 5.02 Å². The van der Waals surface area contributed by atoms with Gasteiger partial charge < -0.3 is 4.74 Å². The Morgan fingerprint density at radius 3 is 2.30 bits per heavy atom. The Kier molecular flexibility index (Phi) is 4.30. The summed E-state index contributed by atoms with van der Waals surface area (Å²) in [4.78, 5) is 25.5. The molecule has 4 nitrogen and oxygen atoms in total. The first-order valence-corrected chi connectivity index (χ1v) is 7.49. The van der Waals surface area contributed by atoms with Crippen LogP contribution in [0.5, 0.6) is 5.75 Å². The highest BCUT2D eigenvalue weighted by Crippen LogP contribution is 2.25. The Balaban J connectivity index is 1.56. The average molecular weight is 334 g/mol. The van der Waals surface area contributed by atoms with Crippen molar-refractivity contribution in [3.8, 4) is 5.75 Å². The summed E-state index contributed by atoms with van der Waals surface area (Å²) < 4.78 is 18.4. The van der Waals surface area contributed by atoms with Crippen LogP contribution in [0, 0.1) is 5.82 Å². The van der Waals surface area contributed by atoms with Crippen LogP contribution >= 0.6 is 11.6 Å². The first kappa shape index (κ1) is 15.5. The standard InChI is InChI=1S/C17H13ClFNO3/c18-14-10-11(19)6-7-15(14)23-9-3-8-20-16(21)12-4-1-2-5-13(12)17(20)22/h1-2,4-7,10H,3,8-9H2. The van der Waals surface area contributed by atoms with E-state index in [0.29, 0.717) is 23.3 Å². The fraction of sp³-hybridized carbons (Fsp3) is 0.176. The van der Waals surface area contributed by atoms with Crippen molar-refractivity contribution in [1.29, 1.82) is 0 Å². The van der Waals surface area contributed by atoms with Crippen LogP contribution in [0.1, 0.15) is 27.1 Å². The third-order valence-electron chi connectivity index (χ3n) is 3.56. The summed E-state index contributed by atoms with van der Waals surface area (Å²) in [5.41, 5.74) is 0.861. The number of rotatable bonds is 5. The zero-order chi connectivity index (χ0) is 16.4. The first-order valence-electron chi connectivity index (χ1n) is 7.11. The molecule has 1 aliphatic heterocycles. The van der Waals surface area contributed by atoms with E-state index in [1.165, 1.54) is 23.1 Å². The summed E-state index contributed by atoms with van der Waals surface area (Å²) in [5, 5.41) is 0.186. The van der Waals surface area contributed by atoms with E-state index in [1.54, 1.807) is 24.3 Å². The number of fused-ring (bicyclic) bond motifs is 1. The quantitative estimate of drug-likeness (QED) is 0.621. The highest BCUT2D eigenvalue weighted by molar-refractivity contribution is 6.32. The molecule has 0 saturated heterocycles. The lowest BCUT2D eigenvalue weighted by Crippen LogP contribution is -2.31. The first-order chi connectivity index (χ1) is 11.1. The van der Waals surface area contributed by atoms with Gasteiger partial charge >= 0.3 is 0 Å². The van der Waals surface area contributed by atoms with Gasteiger partial charge in [-0.15, -0.1) is 0 Å². The molecule has 0 atom stereocenters. The van der Waals surface area contributed by atoms with E-state index in [0.717, 1.165) is 0 Å². The maximum absolute atomic E-state index is 12.9. The minimum atomic E-state index is -0.437. The summed E-state index contributed by atoms with van der Waals surface area (Å²) in [6, 6.07) is 10.6. The Morgan fingerprint density at radius 1 is 1.04 bits per heavy atom. The fourth-order valence-corrected chi connectivity index (χ4v) is 2.66. The van der Waals surface area contributed by atoms with Crippen LogP contribution in [-0.4, -0.2) is 29.9 Å². The van der Waals surface area contributed by atoms with E-state index in [1.807, 2.05) is 0 Å². The number of halogens is 2. The van der Waals surface area contributed by atoms with E-state index in [2.05, 4.69) is 0 Å². The summed E-state index contributed by atoms with van der Waals surface area (Å²) in [7, 11) is 0. The second kappa shape index (κ2) is 6.38. The highest BCUT2D eigenvalue weighted by Gasteiger charge is 2.34. The molecule has 118 valence electrons. The summed E-state index contributed by atoms with van der Waals surface area (Å²) in [5.74, 6) is -0.639. The highest BCUT2D eigenvalue weighted by atomic mass is 35.5. The van der Waals surface area contributed by atoms with Gasteiger partial charge in [-0.3, -0.25) is 14.5 Å². The lowest BCUT2D eigenvalue weighted by atomic mass is 10.1. The minimum Gasteiger partial charge on any atom is -0.492 e. The molecule has 0 spiro atoms. The maximum Gasteiger partial charge on any atom is 0.261 e. The molecule has 0 fully saturated rings. The molecule has 2 amide bonds. The predicted molar refractivity (Wildman–Crippen MR) is 83.3 cm³/mol. The number of nitrogens with zero attached hydrogens (tertiary/aromatic N) is 1.